The lowest BCUT2D eigenvalue weighted by atomic mass is 10.0. The van der Waals surface area contributed by atoms with E-state index in [0.29, 0.717) is 31.0 Å². The molecule has 3 amide bonds. The van der Waals surface area contributed by atoms with E-state index in [1.165, 1.54) is 30.3 Å². The van der Waals surface area contributed by atoms with Gasteiger partial charge in [-0.05, 0) is 61.1 Å². The molecule has 0 radical (unpaired) electrons. The molecule has 12 heteroatoms. The highest BCUT2D eigenvalue weighted by atomic mass is 32.2. The summed E-state index contributed by atoms with van der Waals surface area (Å²) in [6, 6.07) is 9.04. The summed E-state index contributed by atoms with van der Waals surface area (Å²) in [6.45, 7) is 3.55. The highest BCUT2D eigenvalue weighted by Crippen LogP contribution is 2.29. The molecule has 0 aromatic heterocycles. The molecule has 0 bridgehead atoms. The van der Waals surface area contributed by atoms with Gasteiger partial charge in [0.25, 0.3) is 15.9 Å². The highest BCUT2D eigenvalue weighted by Gasteiger charge is 2.30. The van der Waals surface area contributed by atoms with Gasteiger partial charge in [0.1, 0.15) is 0 Å². The minimum absolute atomic E-state index is 0.100. The topological polar surface area (TPSA) is 108 Å². The first-order valence-corrected chi connectivity index (χ1v) is 12.5. The van der Waals surface area contributed by atoms with Crippen molar-refractivity contribution < 1.29 is 31.2 Å². The first kappa shape index (κ1) is 26.5. The third kappa shape index (κ3) is 7.69. The summed E-state index contributed by atoms with van der Waals surface area (Å²) >= 11 is 0. The van der Waals surface area contributed by atoms with Gasteiger partial charge in [-0.25, -0.2) is 22.9 Å². The summed E-state index contributed by atoms with van der Waals surface area (Å²) in [5.74, 6) is -0.0825. The zero-order chi connectivity index (χ0) is 25.6. The van der Waals surface area contributed by atoms with E-state index in [2.05, 4.69) is 17.7 Å². The standard InChI is InChI=1S/C23H27F3N4O4S/c1-16-10-13-30(14-11-16)28-22(32)29-35(33,34)20-7-5-17(6-8-20)9-12-27-21(31)18-3-2-4-19(15-18)23(24,25)26/h2-8,15-16H,9-14H2,1H3,(H,27,31)(H2,28,29,32). The van der Waals surface area contributed by atoms with E-state index in [1.54, 1.807) is 5.01 Å². The second-order valence-corrected chi connectivity index (χ2v) is 10.1. The number of amides is 3. The number of hydrogen-bond donors (Lipinski definition) is 3. The first-order valence-electron chi connectivity index (χ1n) is 11.1. The Labute approximate surface area is 201 Å². The number of carbonyl (C=O) groups is 2. The number of alkyl halides is 3. The van der Waals surface area contributed by atoms with Crippen molar-refractivity contribution in [3.05, 3.63) is 65.2 Å². The number of hydrogen-bond acceptors (Lipinski definition) is 5. The van der Waals surface area contributed by atoms with Crippen molar-refractivity contribution in [1.29, 1.82) is 0 Å². The zero-order valence-corrected chi connectivity index (χ0v) is 19.9. The lowest BCUT2D eigenvalue weighted by Gasteiger charge is -2.30. The second kappa shape index (κ2) is 11.1. The molecule has 3 rings (SSSR count). The number of hydrazine groups is 1. The van der Waals surface area contributed by atoms with Crippen molar-refractivity contribution in [3.8, 4) is 0 Å². The molecule has 2 aromatic carbocycles. The van der Waals surface area contributed by atoms with E-state index in [0.717, 1.165) is 31.0 Å². The largest absolute Gasteiger partial charge is 0.416 e. The number of rotatable bonds is 7. The van der Waals surface area contributed by atoms with Crippen molar-refractivity contribution in [3.63, 3.8) is 0 Å². The Kier molecular flexibility index (Phi) is 8.39. The predicted octanol–water partition coefficient (Wildman–Crippen LogP) is 3.31. The summed E-state index contributed by atoms with van der Waals surface area (Å²) in [7, 11) is -4.07. The Bertz CT molecular complexity index is 1150. The van der Waals surface area contributed by atoms with Crippen LogP contribution in [0.2, 0.25) is 0 Å². The first-order chi connectivity index (χ1) is 16.4. The minimum Gasteiger partial charge on any atom is -0.352 e. The van der Waals surface area contributed by atoms with Crippen LogP contribution in [0.3, 0.4) is 0 Å². The molecule has 1 saturated heterocycles. The van der Waals surface area contributed by atoms with Crippen LogP contribution in [0.5, 0.6) is 0 Å². The summed E-state index contributed by atoms with van der Waals surface area (Å²) in [6.07, 6.45) is -2.39. The molecule has 35 heavy (non-hydrogen) atoms. The van der Waals surface area contributed by atoms with Gasteiger partial charge in [0, 0.05) is 25.2 Å². The molecular formula is C23H27F3N4O4S. The van der Waals surface area contributed by atoms with E-state index >= 15 is 0 Å². The van der Waals surface area contributed by atoms with Gasteiger partial charge in [-0.15, -0.1) is 0 Å². The predicted molar refractivity (Wildman–Crippen MR) is 123 cm³/mol. The Hall–Kier alpha value is -3.12. The molecule has 0 atom stereocenters. The third-order valence-corrected chi connectivity index (χ3v) is 7.00. The van der Waals surface area contributed by atoms with Gasteiger partial charge < -0.3 is 5.32 Å². The minimum atomic E-state index is -4.54. The van der Waals surface area contributed by atoms with Gasteiger partial charge in [0.05, 0.1) is 10.5 Å². The maximum Gasteiger partial charge on any atom is 0.416 e. The van der Waals surface area contributed by atoms with E-state index in [4.69, 9.17) is 0 Å². The van der Waals surface area contributed by atoms with Crippen LogP contribution in [0.4, 0.5) is 18.0 Å². The Morgan fingerprint density at radius 3 is 2.34 bits per heavy atom. The molecule has 0 aliphatic carbocycles. The number of benzene rings is 2. The fraction of sp³-hybridized carbons (Fsp3) is 0.391. The van der Waals surface area contributed by atoms with E-state index < -0.39 is 33.7 Å². The van der Waals surface area contributed by atoms with Gasteiger partial charge in [-0.2, -0.15) is 13.2 Å². The van der Waals surface area contributed by atoms with Crippen LogP contribution in [0.25, 0.3) is 0 Å². The number of halogens is 3. The van der Waals surface area contributed by atoms with E-state index in [9.17, 15) is 31.2 Å². The normalized spacial score (nSPS) is 15.4. The molecule has 0 unspecified atom stereocenters. The molecule has 3 N–H and O–H groups in total. The SMILES string of the molecule is CC1CCN(NC(=O)NS(=O)(=O)c2ccc(CCNC(=O)c3cccc(C(F)(F)F)c3)cc2)CC1. The van der Waals surface area contributed by atoms with Crippen LogP contribution in [-0.4, -0.2) is 45.0 Å². The number of sulfonamides is 1. The van der Waals surface area contributed by atoms with E-state index in [1.807, 2.05) is 4.72 Å². The lowest BCUT2D eigenvalue weighted by molar-refractivity contribution is -0.137. The summed E-state index contributed by atoms with van der Waals surface area (Å²) in [5, 5.41) is 4.23. The average molecular weight is 513 g/mol. The number of urea groups is 1. The monoisotopic (exact) mass is 512 g/mol. The highest BCUT2D eigenvalue weighted by molar-refractivity contribution is 7.90. The van der Waals surface area contributed by atoms with Crippen LogP contribution in [0, 0.1) is 5.92 Å². The molecule has 2 aromatic rings. The molecule has 190 valence electrons. The van der Waals surface area contributed by atoms with Gasteiger partial charge in [0.15, 0.2) is 0 Å². The maximum absolute atomic E-state index is 12.8. The molecule has 0 saturated carbocycles. The van der Waals surface area contributed by atoms with Crippen LogP contribution in [-0.2, 0) is 22.6 Å². The van der Waals surface area contributed by atoms with Crippen molar-refractivity contribution in [2.24, 2.45) is 5.92 Å². The summed E-state index contributed by atoms with van der Waals surface area (Å²) in [4.78, 5) is 24.2. The number of carbonyl (C=O) groups excluding carboxylic acids is 2. The van der Waals surface area contributed by atoms with Crippen LogP contribution >= 0.6 is 0 Å². The fourth-order valence-electron chi connectivity index (χ4n) is 3.56. The molecule has 1 aliphatic rings. The summed E-state index contributed by atoms with van der Waals surface area (Å²) < 4.78 is 65.4. The molecular weight excluding hydrogens is 485 g/mol. The van der Waals surface area contributed by atoms with Crippen molar-refractivity contribution in [2.45, 2.75) is 37.3 Å². The van der Waals surface area contributed by atoms with Crippen molar-refractivity contribution >= 4 is 22.0 Å². The quantitative estimate of drug-likeness (QED) is 0.528. The van der Waals surface area contributed by atoms with Gasteiger partial charge in [0.2, 0.25) is 0 Å². The summed E-state index contributed by atoms with van der Waals surface area (Å²) in [5.41, 5.74) is 2.22. The van der Waals surface area contributed by atoms with Gasteiger partial charge >= 0.3 is 12.2 Å². The smallest absolute Gasteiger partial charge is 0.352 e. The van der Waals surface area contributed by atoms with Gasteiger partial charge in [-0.3, -0.25) is 10.2 Å². The Morgan fingerprint density at radius 2 is 1.71 bits per heavy atom. The lowest BCUT2D eigenvalue weighted by Crippen LogP contribution is -2.51. The molecule has 1 fully saturated rings. The molecule has 1 heterocycles. The van der Waals surface area contributed by atoms with Crippen molar-refractivity contribution in [2.75, 3.05) is 19.6 Å². The second-order valence-electron chi connectivity index (χ2n) is 8.44. The Morgan fingerprint density at radius 1 is 1.06 bits per heavy atom. The number of nitrogens with zero attached hydrogens (tertiary/aromatic N) is 1. The Balaban J connectivity index is 1.49. The van der Waals surface area contributed by atoms with Crippen LogP contribution in [0.1, 0.15) is 41.3 Å². The van der Waals surface area contributed by atoms with Crippen LogP contribution in [0.15, 0.2) is 53.4 Å². The fourth-order valence-corrected chi connectivity index (χ4v) is 4.46. The maximum atomic E-state index is 12.8. The third-order valence-electron chi connectivity index (χ3n) is 5.66. The molecule has 0 spiro atoms. The van der Waals surface area contributed by atoms with E-state index in [-0.39, 0.29) is 17.0 Å². The number of piperidine rings is 1. The van der Waals surface area contributed by atoms with Crippen molar-refractivity contribution in [1.82, 2.24) is 20.5 Å². The van der Waals surface area contributed by atoms with Gasteiger partial charge in [-0.1, -0.05) is 25.1 Å². The number of nitrogens with one attached hydrogen (secondary N) is 3. The zero-order valence-electron chi connectivity index (χ0n) is 19.1. The van der Waals surface area contributed by atoms with Crippen LogP contribution < -0.4 is 15.5 Å². The molecule has 1 aliphatic heterocycles. The average Bonchev–Trinajstić information content (AvgIpc) is 2.80. The molecule has 8 nitrogen and oxygen atoms in total.